The third-order valence-corrected chi connectivity index (χ3v) is 3.67. The fraction of sp³-hybridized carbons (Fsp3) is 0.278. The Morgan fingerprint density at radius 1 is 1.12 bits per heavy atom. The van der Waals surface area contributed by atoms with E-state index in [2.05, 4.69) is 15.6 Å². The van der Waals surface area contributed by atoms with Crippen LogP contribution >= 0.6 is 0 Å². The second-order valence-electron chi connectivity index (χ2n) is 5.52. The van der Waals surface area contributed by atoms with Gasteiger partial charge in [0.25, 0.3) is 0 Å². The number of ether oxygens (including phenoxy) is 2. The highest BCUT2D eigenvalue weighted by atomic mass is 19.1. The first-order valence-corrected chi connectivity index (χ1v) is 8.04. The molecule has 3 N–H and O–H groups in total. The number of halogens is 1. The molecule has 2 aromatic carbocycles. The zero-order valence-corrected chi connectivity index (χ0v) is 13.9. The lowest BCUT2D eigenvalue weighted by Crippen LogP contribution is -2.36. The Labute approximate surface area is 145 Å². The van der Waals surface area contributed by atoms with Gasteiger partial charge in [0.15, 0.2) is 29.0 Å². The van der Waals surface area contributed by atoms with Crippen LogP contribution in [0.5, 0.6) is 17.2 Å². The predicted molar refractivity (Wildman–Crippen MR) is 92.3 cm³/mol. The molecule has 2 aromatic rings. The van der Waals surface area contributed by atoms with Crippen LogP contribution in [0.2, 0.25) is 0 Å². The quantitative estimate of drug-likeness (QED) is 0.573. The van der Waals surface area contributed by atoms with E-state index in [-0.39, 0.29) is 12.5 Å². The Morgan fingerprint density at radius 2 is 1.92 bits per heavy atom. The van der Waals surface area contributed by atoms with Crippen LogP contribution in [0.15, 0.2) is 41.4 Å². The maximum Gasteiger partial charge on any atom is 0.231 e. The number of guanidine groups is 1. The van der Waals surface area contributed by atoms with E-state index in [0.717, 1.165) is 17.1 Å². The molecule has 0 aliphatic carbocycles. The summed E-state index contributed by atoms with van der Waals surface area (Å²) in [4.78, 5) is 4.43. The van der Waals surface area contributed by atoms with Crippen molar-refractivity contribution in [3.8, 4) is 17.2 Å². The number of phenolic OH excluding ortho intramolecular Hbond substituents is 1. The molecule has 3 rings (SSSR count). The van der Waals surface area contributed by atoms with E-state index < -0.39 is 5.82 Å². The van der Waals surface area contributed by atoms with Crippen molar-refractivity contribution < 1.29 is 19.0 Å². The van der Waals surface area contributed by atoms with Gasteiger partial charge in [-0.2, -0.15) is 0 Å². The van der Waals surface area contributed by atoms with Gasteiger partial charge in [-0.25, -0.2) is 9.38 Å². The molecular formula is C18H20FN3O3. The van der Waals surface area contributed by atoms with Crippen molar-refractivity contribution in [1.82, 2.24) is 10.6 Å². The summed E-state index contributed by atoms with van der Waals surface area (Å²) in [6, 6.07) is 10.0. The van der Waals surface area contributed by atoms with Crippen LogP contribution in [0.3, 0.4) is 0 Å². The highest BCUT2D eigenvalue weighted by Crippen LogP contribution is 2.32. The minimum absolute atomic E-state index is 0.250. The van der Waals surface area contributed by atoms with Crippen LogP contribution in [-0.2, 0) is 13.1 Å². The number of fused-ring (bicyclic) bond motifs is 1. The second-order valence-corrected chi connectivity index (χ2v) is 5.52. The van der Waals surface area contributed by atoms with Crippen molar-refractivity contribution in [2.75, 3.05) is 13.3 Å². The molecule has 0 unspecified atom stereocenters. The van der Waals surface area contributed by atoms with Crippen LogP contribution in [0.4, 0.5) is 4.39 Å². The number of rotatable bonds is 5. The molecule has 7 heteroatoms. The van der Waals surface area contributed by atoms with E-state index in [0.29, 0.717) is 31.2 Å². The number of phenols is 1. The molecule has 1 aliphatic rings. The van der Waals surface area contributed by atoms with Gasteiger partial charge in [-0.15, -0.1) is 0 Å². The van der Waals surface area contributed by atoms with Gasteiger partial charge >= 0.3 is 0 Å². The molecule has 25 heavy (non-hydrogen) atoms. The summed E-state index contributed by atoms with van der Waals surface area (Å²) in [7, 11) is 0. The van der Waals surface area contributed by atoms with Crippen LogP contribution in [0.1, 0.15) is 18.1 Å². The van der Waals surface area contributed by atoms with Crippen LogP contribution in [0.25, 0.3) is 0 Å². The summed E-state index contributed by atoms with van der Waals surface area (Å²) < 4.78 is 24.0. The van der Waals surface area contributed by atoms with Gasteiger partial charge in [0.2, 0.25) is 6.79 Å². The van der Waals surface area contributed by atoms with E-state index >= 15 is 0 Å². The fourth-order valence-corrected chi connectivity index (χ4v) is 2.40. The van der Waals surface area contributed by atoms with Gasteiger partial charge in [-0.1, -0.05) is 12.1 Å². The average Bonchev–Trinajstić information content (AvgIpc) is 3.08. The number of hydrogen-bond donors (Lipinski definition) is 3. The van der Waals surface area contributed by atoms with Crippen LogP contribution in [-0.4, -0.2) is 24.4 Å². The Hall–Kier alpha value is -2.96. The Morgan fingerprint density at radius 3 is 2.72 bits per heavy atom. The lowest BCUT2D eigenvalue weighted by Gasteiger charge is -2.12. The third-order valence-electron chi connectivity index (χ3n) is 3.67. The largest absolute Gasteiger partial charge is 0.505 e. The average molecular weight is 345 g/mol. The lowest BCUT2D eigenvalue weighted by atomic mass is 10.2. The van der Waals surface area contributed by atoms with Crippen molar-refractivity contribution >= 4 is 5.96 Å². The van der Waals surface area contributed by atoms with Gasteiger partial charge < -0.3 is 25.2 Å². The second kappa shape index (κ2) is 7.74. The normalized spacial score (nSPS) is 13.0. The third kappa shape index (κ3) is 4.32. The Balaban J connectivity index is 1.63. The maximum atomic E-state index is 13.4. The minimum Gasteiger partial charge on any atom is -0.505 e. The SMILES string of the molecule is CCNC(=NCc1ccc(O)c(F)c1)NCc1ccc2c(c1)OCO2. The molecule has 1 aliphatic heterocycles. The number of aromatic hydroxyl groups is 1. The molecule has 0 amide bonds. The van der Waals surface area contributed by atoms with E-state index in [1.165, 1.54) is 12.1 Å². The molecule has 0 saturated heterocycles. The monoisotopic (exact) mass is 345 g/mol. The number of nitrogens with one attached hydrogen (secondary N) is 2. The van der Waals surface area contributed by atoms with Crippen LogP contribution in [0, 0.1) is 5.82 Å². The van der Waals surface area contributed by atoms with Crippen molar-refractivity contribution in [2.24, 2.45) is 4.99 Å². The van der Waals surface area contributed by atoms with Crippen molar-refractivity contribution in [1.29, 1.82) is 0 Å². The first kappa shape index (κ1) is 16.9. The summed E-state index contributed by atoms with van der Waals surface area (Å²) in [6.45, 7) is 3.79. The molecule has 0 atom stereocenters. The summed E-state index contributed by atoms with van der Waals surface area (Å²) in [5.74, 6) is 1.10. The molecule has 1 heterocycles. The number of hydrogen-bond acceptors (Lipinski definition) is 4. The summed E-state index contributed by atoms with van der Waals surface area (Å²) >= 11 is 0. The molecule has 132 valence electrons. The summed E-state index contributed by atoms with van der Waals surface area (Å²) in [5, 5.41) is 15.6. The van der Waals surface area contributed by atoms with Crippen LogP contribution < -0.4 is 20.1 Å². The number of nitrogens with zero attached hydrogens (tertiary/aromatic N) is 1. The zero-order valence-electron chi connectivity index (χ0n) is 13.9. The molecule has 0 saturated carbocycles. The van der Waals surface area contributed by atoms with E-state index in [1.54, 1.807) is 6.07 Å². The van der Waals surface area contributed by atoms with Gasteiger partial charge in [-0.3, -0.25) is 0 Å². The fourth-order valence-electron chi connectivity index (χ4n) is 2.40. The molecule has 0 radical (unpaired) electrons. The van der Waals surface area contributed by atoms with Gasteiger partial charge in [0, 0.05) is 13.1 Å². The molecule has 0 fully saturated rings. The molecule has 0 spiro atoms. The highest BCUT2D eigenvalue weighted by Gasteiger charge is 2.13. The number of benzene rings is 2. The minimum atomic E-state index is -0.647. The smallest absolute Gasteiger partial charge is 0.231 e. The first-order chi connectivity index (χ1) is 12.2. The van der Waals surface area contributed by atoms with E-state index in [1.807, 2.05) is 25.1 Å². The van der Waals surface area contributed by atoms with Crippen molar-refractivity contribution in [3.05, 3.63) is 53.3 Å². The van der Waals surface area contributed by atoms with Crippen molar-refractivity contribution in [2.45, 2.75) is 20.0 Å². The first-order valence-electron chi connectivity index (χ1n) is 8.04. The summed E-state index contributed by atoms with van der Waals surface area (Å²) in [6.07, 6.45) is 0. The molecular weight excluding hydrogens is 325 g/mol. The maximum absolute atomic E-state index is 13.4. The highest BCUT2D eigenvalue weighted by molar-refractivity contribution is 5.79. The van der Waals surface area contributed by atoms with Gasteiger partial charge in [0.1, 0.15) is 0 Å². The van der Waals surface area contributed by atoms with Gasteiger partial charge in [0.05, 0.1) is 6.54 Å². The van der Waals surface area contributed by atoms with E-state index in [4.69, 9.17) is 9.47 Å². The molecule has 0 aromatic heterocycles. The molecule has 6 nitrogen and oxygen atoms in total. The Kier molecular flexibility index (Phi) is 5.23. The van der Waals surface area contributed by atoms with E-state index in [9.17, 15) is 9.50 Å². The lowest BCUT2D eigenvalue weighted by molar-refractivity contribution is 0.174. The van der Waals surface area contributed by atoms with Crippen molar-refractivity contribution in [3.63, 3.8) is 0 Å². The predicted octanol–water partition coefficient (Wildman–Crippen LogP) is 2.52. The Bertz CT molecular complexity index is 780. The number of aliphatic imine (C=N–C) groups is 1. The topological polar surface area (TPSA) is 75.1 Å². The summed E-state index contributed by atoms with van der Waals surface area (Å²) in [5.41, 5.74) is 1.71. The zero-order chi connectivity index (χ0) is 17.6. The van der Waals surface area contributed by atoms with Gasteiger partial charge in [-0.05, 0) is 42.3 Å². The molecule has 0 bridgehead atoms. The standard InChI is InChI=1S/C18H20FN3O3/c1-2-20-18(21-9-12-3-5-15(23)14(19)7-12)22-10-13-4-6-16-17(8-13)25-11-24-16/h3-8,23H,2,9-11H2,1H3,(H2,20,21,22).